The summed E-state index contributed by atoms with van der Waals surface area (Å²) in [5.74, 6) is -0.381. The molecule has 0 saturated carbocycles. The van der Waals surface area contributed by atoms with E-state index in [9.17, 15) is 8.78 Å². The zero-order valence-electron chi connectivity index (χ0n) is 9.26. The number of rotatable bonds is 3. The molecule has 1 fully saturated rings. The maximum atomic E-state index is 13.6. The standard InChI is InChI=1S/C12H16F2N2/c1-8(13)9-2-3-12(11(14)6-9)16-10-4-5-15-7-10/h2-3,6,8,10,15-16H,4-5,7H2,1H3. The van der Waals surface area contributed by atoms with Crippen molar-refractivity contribution in [2.75, 3.05) is 18.4 Å². The lowest BCUT2D eigenvalue weighted by Gasteiger charge is -2.14. The van der Waals surface area contributed by atoms with Crippen LogP contribution >= 0.6 is 0 Å². The smallest absolute Gasteiger partial charge is 0.146 e. The van der Waals surface area contributed by atoms with Crippen molar-refractivity contribution in [3.63, 3.8) is 0 Å². The highest BCUT2D eigenvalue weighted by molar-refractivity contribution is 5.47. The van der Waals surface area contributed by atoms with Crippen molar-refractivity contribution in [2.24, 2.45) is 0 Å². The van der Waals surface area contributed by atoms with Gasteiger partial charge in [0, 0.05) is 12.6 Å². The van der Waals surface area contributed by atoms with Crippen LogP contribution in [0.5, 0.6) is 0 Å². The van der Waals surface area contributed by atoms with E-state index in [0.717, 1.165) is 19.5 Å². The quantitative estimate of drug-likeness (QED) is 0.828. The molecule has 0 aliphatic carbocycles. The van der Waals surface area contributed by atoms with Crippen LogP contribution in [-0.2, 0) is 0 Å². The zero-order chi connectivity index (χ0) is 11.5. The molecular weight excluding hydrogens is 210 g/mol. The topological polar surface area (TPSA) is 24.1 Å². The minimum Gasteiger partial charge on any atom is -0.379 e. The van der Waals surface area contributed by atoms with E-state index < -0.39 is 6.17 Å². The molecule has 4 heteroatoms. The molecule has 2 unspecified atom stereocenters. The normalized spacial score (nSPS) is 22.1. The van der Waals surface area contributed by atoms with Crippen molar-refractivity contribution >= 4 is 5.69 Å². The van der Waals surface area contributed by atoms with Crippen molar-refractivity contribution < 1.29 is 8.78 Å². The number of alkyl halides is 1. The Bertz CT molecular complexity index is 360. The van der Waals surface area contributed by atoms with E-state index in [2.05, 4.69) is 10.6 Å². The fourth-order valence-corrected chi connectivity index (χ4v) is 1.89. The molecule has 2 rings (SSSR count). The Morgan fingerprint density at radius 1 is 1.50 bits per heavy atom. The second-order valence-corrected chi connectivity index (χ2v) is 4.19. The summed E-state index contributed by atoms with van der Waals surface area (Å²) in [6, 6.07) is 4.76. The average Bonchev–Trinajstić information content (AvgIpc) is 2.73. The van der Waals surface area contributed by atoms with Crippen LogP contribution in [-0.4, -0.2) is 19.1 Å². The number of benzene rings is 1. The third-order valence-electron chi connectivity index (χ3n) is 2.87. The maximum absolute atomic E-state index is 13.6. The minimum atomic E-state index is -1.13. The fraction of sp³-hybridized carbons (Fsp3) is 0.500. The monoisotopic (exact) mass is 226 g/mol. The van der Waals surface area contributed by atoms with E-state index in [1.54, 1.807) is 12.1 Å². The summed E-state index contributed by atoms with van der Waals surface area (Å²) < 4.78 is 26.6. The maximum Gasteiger partial charge on any atom is 0.146 e. The van der Waals surface area contributed by atoms with Crippen molar-refractivity contribution in [1.82, 2.24) is 5.32 Å². The summed E-state index contributed by atoms with van der Waals surface area (Å²) in [7, 11) is 0. The van der Waals surface area contributed by atoms with Crippen LogP contribution in [0.3, 0.4) is 0 Å². The van der Waals surface area contributed by atoms with Crippen LogP contribution in [0.15, 0.2) is 18.2 Å². The Labute approximate surface area is 94.0 Å². The molecule has 0 spiro atoms. The van der Waals surface area contributed by atoms with Gasteiger partial charge >= 0.3 is 0 Å². The van der Waals surface area contributed by atoms with Crippen LogP contribution in [0.4, 0.5) is 14.5 Å². The highest BCUT2D eigenvalue weighted by Gasteiger charge is 2.16. The predicted molar refractivity (Wildman–Crippen MR) is 60.8 cm³/mol. The molecule has 0 aromatic heterocycles. The van der Waals surface area contributed by atoms with E-state index in [0.29, 0.717) is 11.3 Å². The first-order chi connectivity index (χ1) is 7.66. The van der Waals surface area contributed by atoms with E-state index in [4.69, 9.17) is 0 Å². The molecule has 0 bridgehead atoms. The predicted octanol–water partition coefficient (Wildman–Crippen LogP) is 2.63. The third-order valence-corrected chi connectivity index (χ3v) is 2.87. The molecule has 0 amide bonds. The van der Waals surface area contributed by atoms with Gasteiger partial charge in [0.1, 0.15) is 12.0 Å². The van der Waals surface area contributed by atoms with E-state index >= 15 is 0 Å². The molecule has 2 nitrogen and oxygen atoms in total. The van der Waals surface area contributed by atoms with Gasteiger partial charge in [0.25, 0.3) is 0 Å². The second-order valence-electron chi connectivity index (χ2n) is 4.19. The molecule has 2 atom stereocenters. The van der Waals surface area contributed by atoms with Gasteiger partial charge in [0.15, 0.2) is 0 Å². The number of nitrogens with one attached hydrogen (secondary N) is 2. The molecule has 88 valence electrons. The van der Waals surface area contributed by atoms with Crippen molar-refractivity contribution in [2.45, 2.75) is 25.6 Å². The molecule has 16 heavy (non-hydrogen) atoms. The first kappa shape index (κ1) is 11.3. The van der Waals surface area contributed by atoms with Gasteiger partial charge in [-0.25, -0.2) is 8.78 Å². The summed E-state index contributed by atoms with van der Waals surface area (Å²) in [6.45, 7) is 3.21. The van der Waals surface area contributed by atoms with Crippen LogP contribution < -0.4 is 10.6 Å². The SMILES string of the molecule is CC(F)c1ccc(NC2CCNC2)c(F)c1. The Kier molecular flexibility index (Phi) is 3.39. The van der Waals surface area contributed by atoms with Crippen molar-refractivity contribution in [3.8, 4) is 0 Å². The molecule has 1 saturated heterocycles. The van der Waals surface area contributed by atoms with Crippen molar-refractivity contribution in [3.05, 3.63) is 29.6 Å². The van der Waals surface area contributed by atoms with Gasteiger partial charge in [-0.3, -0.25) is 0 Å². The van der Waals surface area contributed by atoms with Crippen LogP contribution in [0.1, 0.15) is 25.1 Å². The molecule has 2 N–H and O–H groups in total. The van der Waals surface area contributed by atoms with E-state index in [-0.39, 0.29) is 11.9 Å². The van der Waals surface area contributed by atoms with Gasteiger partial charge < -0.3 is 10.6 Å². The summed E-state index contributed by atoms with van der Waals surface area (Å²) in [5.41, 5.74) is 0.839. The van der Waals surface area contributed by atoms with Gasteiger partial charge in [-0.2, -0.15) is 0 Å². The Morgan fingerprint density at radius 3 is 2.88 bits per heavy atom. The van der Waals surface area contributed by atoms with Gasteiger partial charge in [-0.15, -0.1) is 0 Å². The van der Waals surface area contributed by atoms with Crippen LogP contribution in [0.2, 0.25) is 0 Å². The summed E-state index contributed by atoms with van der Waals surface area (Å²) in [5, 5.41) is 6.31. The molecule has 1 aliphatic heterocycles. The molecule has 0 radical (unpaired) electrons. The first-order valence-electron chi connectivity index (χ1n) is 5.57. The van der Waals surface area contributed by atoms with E-state index in [1.165, 1.54) is 13.0 Å². The number of hydrogen-bond donors (Lipinski definition) is 2. The van der Waals surface area contributed by atoms with E-state index in [1.807, 2.05) is 0 Å². The lowest BCUT2D eigenvalue weighted by molar-refractivity contribution is 0.373. The second kappa shape index (κ2) is 4.78. The van der Waals surface area contributed by atoms with Gasteiger partial charge in [-0.1, -0.05) is 6.07 Å². The highest BCUT2D eigenvalue weighted by Crippen LogP contribution is 2.23. The molecule has 1 aliphatic rings. The lowest BCUT2D eigenvalue weighted by Crippen LogP contribution is -2.22. The average molecular weight is 226 g/mol. The number of halogens is 2. The summed E-state index contributed by atoms with van der Waals surface area (Å²) in [6.07, 6.45) is -0.141. The third kappa shape index (κ3) is 2.50. The minimum absolute atomic E-state index is 0.267. The van der Waals surface area contributed by atoms with Crippen LogP contribution in [0.25, 0.3) is 0 Å². The number of hydrogen-bond acceptors (Lipinski definition) is 2. The zero-order valence-corrected chi connectivity index (χ0v) is 9.26. The molecule has 1 heterocycles. The Hall–Kier alpha value is -1.16. The Morgan fingerprint density at radius 2 is 2.31 bits per heavy atom. The van der Waals surface area contributed by atoms with Gasteiger partial charge in [0.05, 0.1) is 5.69 Å². The largest absolute Gasteiger partial charge is 0.379 e. The lowest BCUT2D eigenvalue weighted by atomic mass is 10.1. The van der Waals surface area contributed by atoms with Gasteiger partial charge in [0.2, 0.25) is 0 Å². The molecule has 1 aromatic carbocycles. The fourth-order valence-electron chi connectivity index (χ4n) is 1.89. The number of anilines is 1. The van der Waals surface area contributed by atoms with Crippen LogP contribution in [0, 0.1) is 5.82 Å². The Balaban J connectivity index is 2.09. The summed E-state index contributed by atoms with van der Waals surface area (Å²) >= 11 is 0. The summed E-state index contributed by atoms with van der Waals surface area (Å²) in [4.78, 5) is 0. The first-order valence-corrected chi connectivity index (χ1v) is 5.57. The molecular formula is C12H16F2N2. The van der Waals surface area contributed by atoms with Gasteiger partial charge in [-0.05, 0) is 37.6 Å². The molecule has 1 aromatic rings. The van der Waals surface area contributed by atoms with Crippen molar-refractivity contribution in [1.29, 1.82) is 0 Å². The highest BCUT2D eigenvalue weighted by atomic mass is 19.1.